The molecule has 0 N–H and O–H groups in total. The van der Waals surface area contributed by atoms with E-state index in [0.29, 0.717) is 6.04 Å². The SMILES string of the molecule is Cc1ccc(N2CCCC2Cc2nccs2)cc1. The molecule has 3 rings (SSSR count). The smallest absolute Gasteiger partial charge is 0.0945 e. The van der Waals surface area contributed by atoms with Crippen LogP contribution in [0.25, 0.3) is 0 Å². The van der Waals surface area contributed by atoms with Gasteiger partial charge in [0.2, 0.25) is 0 Å². The molecule has 0 spiro atoms. The number of nitrogens with zero attached hydrogens (tertiary/aromatic N) is 2. The molecule has 1 aromatic heterocycles. The summed E-state index contributed by atoms with van der Waals surface area (Å²) in [6, 6.07) is 9.52. The second kappa shape index (κ2) is 5.11. The van der Waals surface area contributed by atoms with E-state index >= 15 is 0 Å². The summed E-state index contributed by atoms with van der Waals surface area (Å²) in [5.41, 5.74) is 2.69. The van der Waals surface area contributed by atoms with E-state index in [1.807, 2.05) is 6.20 Å². The number of aromatic nitrogens is 1. The van der Waals surface area contributed by atoms with Crippen LogP contribution in [0.15, 0.2) is 35.8 Å². The summed E-state index contributed by atoms with van der Waals surface area (Å²) in [4.78, 5) is 6.96. The lowest BCUT2D eigenvalue weighted by Gasteiger charge is -2.26. The summed E-state index contributed by atoms with van der Waals surface area (Å²) < 4.78 is 0. The van der Waals surface area contributed by atoms with Gasteiger partial charge in [-0.3, -0.25) is 0 Å². The molecule has 0 radical (unpaired) electrons. The molecule has 1 saturated heterocycles. The fourth-order valence-electron chi connectivity index (χ4n) is 2.68. The monoisotopic (exact) mass is 258 g/mol. The van der Waals surface area contributed by atoms with Crippen LogP contribution < -0.4 is 4.90 Å². The summed E-state index contributed by atoms with van der Waals surface area (Å²) in [7, 11) is 0. The van der Waals surface area contributed by atoms with Crippen LogP contribution in [-0.4, -0.2) is 17.6 Å². The molecule has 3 heteroatoms. The molecule has 1 aliphatic heterocycles. The van der Waals surface area contributed by atoms with Crippen LogP contribution in [0.5, 0.6) is 0 Å². The van der Waals surface area contributed by atoms with Crippen molar-refractivity contribution >= 4 is 17.0 Å². The molecule has 2 aromatic rings. The van der Waals surface area contributed by atoms with Crippen molar-refractivity contribution in [1.29, 1.82) is 0 Å². The normalized spacial score (nSPS) is 19.4. The van der Waals surface area contributed by atoms with E-state index in [2.05, 4.69) is 46.5 Å². The summed E-state index contributed by atoms with van der Waals surface area (Å²) in [6.07, 6.45) is 5.58. The quantitative estimate of drug-likeness (QED) is 0.835. The van der Waals surface area contributed by atoms with E-state index in [-0.39, 0.29) is 0 Å². The van der Waals surface area contributed by atoms with Gasteiger partial charge in [0.25, 0.3) is 0 Å². The maximum absolute atomic E-state index is 4.41. The fourth-order valence-corrected chi connectivity index (χ4v) is 3.37. The highest BCUT2D eigenvalue weighted by Gasteiger charge is 2.25. The van der Waals surface area contributed by atoms with Crippen molar-refractivity contribution in [3.05, 3.63) is 46.4 Å². The van der Waals surface area contributed by atoms with E-state index < -0.39 is 0 Å². The van der Waals surface area contributed by atoms with Gasteiger partial charge in [0.05, 0.1) is 5.01 Å². The predicted molar refractivity (Wildman–Crippen MR) is 77.4 cm³/mol. The first-order valence-corrected chi connectivity index (χ1v) is 7.42. The molecule has 0 amide bonds. The Morgan fingerprint density at radius 3 is 2.89 bits per heavy atom. The Morgan fingerprint density at radius 1 is 1.33 bits per heavy atom. The molecule has 1 aliphatic rings. The largest absolute Gasteiger partial charge is 0.368 e. The Balaban J connectivity index is 1.76. The molecular weight excluding hydrogens is 240 g/mol. The van der Waals surface area contributed by atoms with Gasteiger partial charge in [-0.15, -0.1) is 11.3 Å². The topological polar surface area (TPSA) is 16.1 Å². The van der Waals surface area contributed by atoms with Gasteiger partial charge in [-0.05, 0) is 31.9 Å². The molecule has 94 valence electrons. The van der Waals surface area contributed by atoms with Gasteiger partial charge in [-0.25, -0.2) is 4.98 Å². The van der Waals surface area contributed by atoms with Gasteiger partial charge < -0.3 is 4.90 Å². The van der Waals surface area contributed by atoms with Gasteiger partial charge in [0.15, 0.2) is 0 Å². The van der Waals surface area contributed by atoms with Crippen molar-refractivity contribution in [3.63, 3.8) is 0 Å². The summed E-state index contributed by atoms with van der Waals surface area (Å²) in [5.74, 6) is 0. The average Bonchev–Trinajstić information content (AvgIpc) is 3.02. The molecule has 0 aliphatic carbocycles. The zero-order valence-corrected chi connectivity index (χ0v) is 11.5. The summed E-state index contributed by atoms with van der Waals surface area (Å²) >= 11 is 1.77. The fraction of sp³-hybridized carbons (Fsp3) is 0.400. The van der Waals surface area contributed by atoms with Crippen LogP contribution in [0, 0.1) is 6.92 Å². The van der Waals surface area contributed by atoms with E-state index in [4.69, 9.17) is 0 Å². The predicted octanol–water partition coefficient (Wildman–Crippen LogP) is 3.66. The minimum absolute atomic E-state index is 0.624. The third kappa shape index (κ3) is 2.41. The Kier molecular flexibility index (Phi) is 3.33. The second-order valence-electron chi connectivity index (χ2n) is 4.95. The van der Waals surface area contributed by atoms with Crippen molar-refractivity contribution in [3.8, 4) is 0 Å². The Morgan fingerprint density at radius 2 is 2.17 bits per heavy atom. The lowest BCUT2D eigenvalue weighted by molar-refractivity contribution is 0.661. The number of benzene rings is 1. The third-order valence-electron chi connectivity index (χ3n) is 3.64. The molecule has 1 aromatic carbocycles. The Labute approximate surface area is 112 Å². The molecule has 2 nitrogen and oxygen atoms in total. The molecule has 1 fully saturated rings. The maximum atomic E-state index is 4.41. The van der Waals surface area contributed by atoms with Crippen LogP contribution in [-0.2, 0) is 6.42 Å². The number of anilines is 1. The van der Waals surface area contributed by atoms with Gasteiger partial charge in [0.1, 0.15) is 0 Å². The Hall–Kier alpha value is -1.35. The highest BCUT2D eigenvalue weighted by atomic mass is 32.1. The van der Waals surface area contributed by atoms with Crippen molar-refractivity contribution in [2.75, 3.05) is 11.4 Å². The average molecular weight is 258 g/mol. The van der Waals surface area contributed by atoms with Crippen molar-refractivity contribution in [2.24, 2.45) is 0 Å². The van der Waals surface area contributed by atoms with Crippen molar-refractivity contribution in [1.82, 2.24) is 4.98 Å². The van der Waals surface area contributed by atoms with E-state index in [0.717, 1.165) is 6.42 Å². The van der Waals surface area contributed by atoms with Crippen LogP contribution in [0.4, 0.5) is 5.69 Å². The number of thiazole rings is 1. The zero-order chi connectivity index (χ0) is 12.4. The maximum Gasteiger partial charge on any atom is 0.0945 e. The standard InChI is InChI=1S/C15H18N2S/c1-12-4-6-13(7-5-12)17-9-2-3-14(17)11-15-16-8-10-18-15/h4-8,10,14H,2-3,9,11H2,1H3. The second-order valence-corrected chi connectivity index (χ2v) is 5.93. The molecule has 0 bridgehead atoms. The van der Waals surface area contributed by atoms with Gasteiger partial charge >= 0.3 is 0 Å². The lowest BCUT2D eigenvalue weighted by Crippen LogP contribution is -2.30. The number of rotatable bonds is 3. The summed E-state index contributed by atoms with van der Waals surface area (Å²) in [6.45, 7) is 3.32. The van der Waals surface area contributed by atoms with E-state index in [1.165, 1.54) is 35.6 Å². The molecule has 2 heterocycles. The van der Waals surface area contributed by atoms with Crippen molar-refractivity contribution < 1.29 is 0 Å². The molecule has 1 unspecified atom stereocenters. The van der Waals surface area contributed by atoms with Crippen LogP contribution in [0.3, 0.4) is 0 Å². The number of hydrogen-bond donors (Lipinski definition) is 0. The van der Waals surface area contributed by atoms with Crippen LogP contribution in [0.2, 0.25) is 0 Å². The minimum atomic E-state index is 0.624. The first-order valence-electron chi connectivity index (χ1n) is 6.54. The molecule has 1 atom stereocenters. The van der Waals surface area contributed by atoms with Crippen LogP contribution in [0.1, 0.15) is 23.4 Å². The first-order chi connectivity index (χ1) is 8.83. The lowest BCUT2D eigenvalue weighted by atomic mass is 10.1. The molecular formula is C15H18N2S. The highest BCUT2D eigenvalue weighted by Crippen LogP contribution is 2.28. The van der Waals surface area contributed by atoms with E-state index in [1.54, 1.807) is 11.3 Å². The van der Waals surface area contributed by atoms with Crippen LogP contribution >= 0.6 is 11.3 Å². The minimum Gasteiger partial charge on any atom is -0.368 e. The highest BCUT2D eigenvalue weighted by molar-refractivity contribution is 7.09. The van der Waals surface area contributed by atoms with E-state index in [9.17, 15) is 0 Å². The summed E-state index contributed by atoms with van der Waals surface area (Å²) in [5, 5.41) is 3.33. The number of hydrogen-bond acceptors (Lipinski definition) is 3. The molecule has 0 saturated carbocycles. The zero-order valence-electron chi connectivity index (χ0n) is 10.7. The third-order valence-corrected chi connectivity index (χ3v) is 4.44. The Bertz CT molecular complexity index is 490. The van der Waals surface area contributed by atoms with Gasteiger partial charge in [-0.1, -0.05) is 17.7 Å². The molecule has 18 heavy (non-hydrogen) atoms. The first kappa shape index (κ1) is 11.7. The van der Waals surface area contributed by atoms with Crippen molar-refractivity contribution in [2.45, 2.75) is 32.2 Å². The van der Waals surface area contributed by atoms with Gasteiger partial charge in [-0.2, -0.15) is 0 Å². The van der Waals surface area contributed by atoms with Gasteiger partial charge in [0, 0.05) is 36.3 Å². The number of aryl methyl sites for hydroxylation is 1.